The van der Waals surface area contributed by atoms with Gasteiger partial charge in [0, 0.05) is 81.6 Å². The molecule has 1 aliphatic carbocycles. The second kappa shape index (κ2) is 19.3. The quantitative estimate of drug-likeness (QED) is 0.119. The van der Waals surface area contributed by atoms with E-state index in [2.05, 4.69) is 38.4 Å². The number of phenolic OH excluding ortho intramolecular Hbond substituents is 1. The summed E-state index contributed by atoms with van der Waals surface area (Å²) in [5.41, 5.74) is 2.55. The number of aliphatic hydroxyl groups is 1. The molecule has 2 atom stereocenters. The molecule has 3 amide bonds. The predicted octanol–water partition coefficient (Wildman–Crippen LogP) is 7.96. The van der Waals surface area contributed by atoms with Crippen LogP contribution in [0.25, 0.3) is 43.8 Å². The Morgan fingerprint density at radius 1 is 0.917 bits per heavy atom. The average Bonchev–Trinajstić information content (AvgIpc) is 3.70. The van der Waals surface area contributed by atoms with Crippen LogP contribution in [0.2, 0.25) is 0 Å². The lowest BCUT2D eigenvalue weighted by Gasteiger charge is -2.42. The average molecular weight is 984 g/mol. The van der Waals surface area contributed by atoms with Crippen LogP contribution in [0, 0.1) is 17.6 Å². The van der Waals surface area contributed by atoms with Crippen molar-refractivity contribution in [3.05, 3.63) is 77.1 Å². The highest BCUT2D eigenvalue weighted by Gasteiger charge is 2.37. The zero-order valence-electron chi connectivity index (χ0n) is 41.3. The number of aromatic nitrogens is 5. The number of benzene rings is 3. The number of hydrogen-bond donors (Lipinski definition) is 3. The fraction of sp³-hybridized carbons (Fsp3) is 0.509. The molecule has 11 rings (SSSR count). The van der Waals surface area contributed by atoms with Crippen LogP contribution in [0.15, 0.2) is 48.7 Å². The zero-order valence-corrected chi connectivity index (χ0v) is 41.3. The van der Waals surface area contributed by atoms with Gasteiger partial charge in [0.1, 0.15) is 34.7 Å². The third-order valence-electron chi connectivity index (χ3n) is 16.4. The monoisotopic (exact) mass is 983 g/mol. The summed E-state index contributed by atoms with van der Waals surface area (Å²) in [6.45, 7) is 7.51. The predicted molar refractivity (Wildman–Crippen MR) is 269 cm³/mol. The van der Waals surface area contributed by atoms with E-state index in [0.29, 0.717) is 104 Å². The van der Waals surface area contributed by atoms with Crippen LogP contribution in [0.3, 0.4) is 0 Å². The summed E-state index contributed by atoms with van der Waals surface area (Å²) >= 11 is 0. The molecule has 7 heterocycles. The van der Waals surface area contributed by atoms with Crippen molar-refractivity contribution < 1.29 is 38.1 Å². The molecule has 3 N–H and O–H groups in total. The molecular formula is C55H63F2N9O6. The number of ether oxygens (including phenoxy) is 1. The number of nitrogens with zero attached hydrogens (tertiary/aromatic N) is 8. The second-order valence-electron chi connectivity index (χ2n) is 21.3. The number of anilines is 1. The molecule has 15 nitrogen and oxygen atoms in total. The molecule has 72 heavy (non-hydrogen) atoms. The van der Waals surface area contributed by atoms with Crippen LogP contribution < -0.4 is 15.0 Å². The first kappa shape index (κ1) is 48.0. The van der Waals surface area contributed by atoms with E-state index in [1.165, 1.54) is 30.0 Å². The van der Waals surface area contributed by atoms with E-state index < -0.39 is 23.2 Å². The number of hydrogen-bond acceptors (Lipinski definition) is 12. The zero-order chi connectivity index (χ0) is 50.0. The number of fused-ring (bicyclic) bond motifs is 3. The van der Waals surface area contributed by atoms with Gasteiger partial charge < -0.3 is 29.6 Å². The molecule has 1 saturated carbocycles. The molecule has 5 aliphatic rings. The summed E-state index contributed by atoms with van der Waals surface area (Å²) in [6, 6.07) is 12.8. The molecule has 4 saturated heterocycles. The van der Waals surface area contributed by atoms with Crippen molar-refractivity contribution in [2.24, 2.45) is 13.0 Å². The third kappa shape index (κ3) is 9.11. The number of phenols is 1. The third-order valence-corrected chi connectivity index (χ3v) is 16.4. The van der Waals surface area contributed by atoms with Crippen molar-refractivity contribution in [2.45, 2.75) is 127 Å². The lowest BCUT2D eigenvalue weighted by molar-refractivity contribution is -0.139. The number of halogens is 2. The number of piperidine rings is 4. The second-order valence-corrected chi connectivity index (χ2v) is 21.3. The minimum absolute atomic E-state index is 0.0120. The maximum Gasteiger partial charge on any atom is 0.319 e. The molecule has 5 fully saturated rings. The molecule has 378 valence electrons. The number of amides is 3. The van der Waals surface area contributed by atoms with Gasteiger partial charge in [0.2, 0.25) is 17.7 Å². The highest BCUT2D eigenvalue weighted by Crippen LogP contribution is 2.41. The van der Waals surface area contributed by atoms with E-state index in [1.807, 2.05) is 28.5 Å². The van der Waals surface area contributed by atoms with Gasteiger partial charge in [-0.15, -0.1) is 0 Å². The summed E-state index contributed by atoms with van der Waals surface area (Å²) in [6.07, 6.45) is 10.6. The van der Waals surface area contributed by atoms with Crippen molar-refractivity contribution in [1.82, 2.24) is 39.8 Å². The van der Waals surface area contributed by atoms with Crippen LogP contribution in [0.1, 0.15) is 120 Å². The molecule has 4 aliphatic heterocycles. The Morgan fingerprint density at radius 3 is 2.43 bits per heavy atom. The molecule has 1 unspecified atom stereocenters. The fourth-order valence-electron chi connectivity index (χ4n) is 12.6. The SMILES string of the molecule is CCc1c(F)ccc2cc(O)cc(-c3ncc4c(N5CCC[C@@](C)(O)C5)nc(OC5CCN(C(=O)C6CCC(N7CCC(c8ccc9c(C%10CCC(=O)NC%10=O)nn(C)c9c8)CC7)CC6)CC5)nc4c3F)c12. The Kier molecular flexibility index (Phi) is 12.8. The summed E-state index contributed by atoms with van der Waals surface area (Å²) in [4.78, 5) is 59.0. The van der Waals surface area contributed by atoms with Crippen molar-refractivity contribution >= 4 is 56.1 Å². The number of aryl methyl sites for hydroxylation is 2. The molecule has 6 aromatic rings. The number of β-amino-alcohol motifs (C(OH)–C–C–N with tert-alkyl or cyclic N) is 1. The van der Waals surface area contributed by atoms with Gasteiger partial charge in [-0.05, 0) is 136 Å². The van der Waals surface area contributed by atoms with E-state index in [9.17, 15) is 24.6 Å². The molecule has 3 aromatic carbocycles. The van der Waals surface area contributed by atoms with Crippen molar-refractivity contribution in [3.63, 3.8) is 0 Å². The van der Waals surface area contributed by atoms with Gasteiger partial charge in [0.15, 0.2) is 5.82 Å². The number of likely N-dealkylation sites (tertiary alicyclic amines) is 2. The Bertz CT molecular complexity index is 3100. The first-order valence-electron chi connectivity index (χ1n) is 26.0. The standard InChI is InChI=1S/C55H63F2N9O6/c1-4-38-43(56)14-9-34-26-36(67)28-41(46(34)38)49-47(57)50-42(29-58-49)51(66-21-5-20-55(2,71)30-66)61-54(60-50)72-37-18-24-65(25-19-37)53(70)32-6-10-35(11-7-32)64-22-16-31(17-23-64)33-8-12-39-44(27-33)63(3)62-48(39)40-13-15-45(68)59-52(40)69/h8-9,12,14,26-29,31-32,35,37,40,67,71H,4-7,10-11,13,15-25,30H2,1-3H3,(H,59,68,69)/t32?,35?,40?,55-/m1/s1. The van der Waals surface area contributed by atoms with Crippen LogP contribution in [0.4, 0.5) is 14.6 Å². The fourth-order valence-corrected chi connectivity index (χ4v) is 12.6. The molecular weight excluding hydrogens is 921 g/mol. The molecule has 0 bridgehead atoms. The number of rotatable bonds is 9. The van der Waals surface area contributed by atoms with E-state index in [-0.39, 0.29) is 64.8 Å². The molecule has 3 aromatic heterocycles. The first-order valence-corrected chi connectivity index (χ1v) is 26.0. The van der Waals surface area contributed by atoms with Gasteiger partial charge in [0.05, 0.1) is 28.1 Å². The summed E-state index contributed by atoms with van der Waals surface area (Å²) in [5.74, 6) is -1.21. The smallest absolute Gasteiger partial charge is 0.319 e. The van der Waals surface area contributed by atoms with Crippen molar-refractivity contribution in [2.75, 3.05) is 44.2 Å². The Morgan fingerprint density at radius 2 is 1.69 bits per heavy atom. The van der Waals surface area contributed by atoms with Gasteiger partial charge in [0.25, 0.3) is 0 Å². The van der Waals surface area contributed by atoms with Crippen LogP contribution in [0.5, 0.6) is 11.8 Å². The number of nitrogens with one attached hydrogen (secondary N) is 1. The maximum absolute atomic E-state index is 17.1. The Hall–Kier alpha value is -6.33. The summed E-state index contributed by atoms with van der Waals surface area (Å²) in [5, 5.41) is 31.4. The van der Waals surface area contributed by atoms with Gasteiger partial charge in [-0.3, -0.25) is 29.4 Å². The van der Waals surface area contributed by atoms with Gasteiger partial charge >= 0.3 is 6.01 Å². The van der Waals surface area contributed by atoms with Crippen LogP contribution >= 0.6 is 0 Å². The number of imide groups is 1. The maximum atomic E-state index is 17.1. The number of carbonyl (C=O) groups is 3. The van der Waals surface area contributed by atoms with Crippen molar-refractivity contribution in [3.8, 4) is 23.0 Å². The Labute approximate surface area is 416 Å². The normalized spacial score (nSPS) is 24.1. The Balaban J connectivity index is 0.726. The summed E-state index contributed by atoms with van der Waals surface area (Å²) < 4.78 is 40.6. The molecule has 0 spiro atoms. The molecule has 0 radical (unpaired) electrons. The summed E-state index contributed by atoms with van der Waals surface area (Å²) in [7, 11) is 1.91. The first-order chi connectivity index (χ1) is 34.7. The lowest BCUT2D eigenvalue weighted by atomic mass is 9.82. The highest BCUT2D eigenvalue weighted by atomic mass is 19.1. The van der Waals surface area contributed by atoms with Gasteiger partial charge in [-0.2, -0.15) is 15.1 Å². The number of pyridine rings is 1. The number of aromatic hydroxyl groups is 1. The van der Waals surface area contributed by atoms with Crippen LogP contribution in [-0.4, -0.2) is 119 Å². The van der Waals surface area contributed by atoms with E-state index in [4.69, 9.17) is 14.8 Å². The molecule has 17 heteroatoms. The largest absolute Gasteiger partial charge is 0.508 e. The van der Waals surface area contributed by atoms with Crippen LogP contribution in [-0.2, 0) is 27.9 Å². The van der Waals surface area contributed by atoms with E-state index in [1.54, 1.807) is 13.0 Å². The van der Waals surface area contributed by atoms with E-state index in [0.717, 1.165) is 68.2 Å². The van der Waals surface area contributed by atoms with E-state index >= 15 is 8.78 Å². The van der Waals surface area contributed by atoms with Gasteiger partial charge in [-0.25, -0.2) is 8.78 Å². The van der Waals surface area contributed by atoms with Crippen molar-refractivity contribution in [1.29, 1.82) is 0 Å². The van der Waals surface area contributed by atoms with Gasteiger partial charge in [-0.1, -0.05) is 25.1 Å². The minimum atomic E-state index is -0.992. The number of carbonyl (C=O) groups excluding carboxylic acids is 3. The minimum Gasteiger partial charge on any atom is -0.508 e. The highest BCUT2D eigenvalue weighted by molar-refractivity contribution is 6.03. The topological polar surface area (TPSA) is 179 Å². The lowest BCUT2D eigenvalue weighted by Crippen LogP contribution is -2.47.